The van der Waals surface area contributed by atoms with Gasteiger partial charge in [-0.05, 0) is 35.4 Å². The van der Waals surface area contributed by atoms with E-state index in [-0.39, 0.29) is 11.9 Å². The zero-order valence-corrected chi connectivity index (χ0v) is 18.1. The van der Waals surface area contributed by atoms with E-state index < -0.39 is 0 Å². The van der Waals surface area contributed by atoms with Crippen molar-refractivity contribution < 1.29 is 9.53 Å². The lowest BCUT2D eigenvalue weighted by Gasteiger charge is -2.26. The second kappa shape index (κ2) is 9.17. The van der Waals surface area contributed by atoms with Crippen molar-refractivity contribution in [1.82, 2.24) is 30.0 Å². The monoisotopic (exact) mass is 441 g/mol. The Kier molecular flexibility index (Phi) is 5.77. The van der Waals surface area contributed by atoms with Crippen molar-refractivity contribution in [1.29, 1.82) is 0 Å². The first-order valence-electron chi connectivity index (χ1n) is 10.6. The predicted molar refractivity (Wildman–Crippen MR) is 122 cm³/mol. The molecule has 5 rings (SSSR count). The number of anilines is 1. The number of fused-ring (bicyclic) bond motifs is 1. The number of benzene rings is 2. The predicted octanol–water partition coefficient (Wildman–Crippen LogP) is 2.89. The first kappa shape index (κ1) is 20.8. The summed E-state index contributed by atoms with van der Waals surface area (Å²) >= 11 is 0. The summed E-state index contributed by atoms with van der Waals surface area (Å²) in [6.07, 6.45) is 3.15. The molecule has 0 aliphatic carbocycles. The molecule has 0 radical (unpaired) electrons. The van der Waals surface area contributed by atoms with Crippen LogP contribution in [0.4, 0.5) is 5.69 Å². The molecule has 4 aromatic rings. The fraction of sp³-hybridized carbons (Fsp3) is 0.208. The molecule has 0 unspecified atom stereocenters. The highest BCUT2D eigenvalue weighted by Crippen LogP contribution is 2.25. The summed E-state index contributed by atoms with van der Waals surface area (Å²) in [7, 11) is 1.89. The number of carbonyl (C=O) groups excluding carboxylic acids is 1. The van der Waals surface area contributed by atoms with Crippen molar-refractivity contribution in [3.8, 4) is 11.5 Å². The van der Waals surface area contributed by atoms with Crippen molar-refractivity contribution >= 4 is 11.6 Å². The molecule has 0 spiro atoms. The largest absolute Gasteiger partial charge is 0.378 e. The van der Waals surface area contributed by atoms with Gasteiger partial charge in [0.05, 0.1) is 25.8 Å². The van der Waals surface area contributed by atoms with E-state index in [1.807, 2.05) is 54.1 Å². The van der Waals surface area contributed by atoms with E-state index in [1.54, 1.807) is 18.3 Å². The van der Waals surface area contributed by atoms with Crippen molar-refractivity contribution in [3.05, 3.63) is 89.6 Å². The summed E-state index contributed by atoms with van der Waals surface area (Å²) in [5.41, 5.74) is 4.30. The highest BCUT2D eigenvalue weighted by Gasteiger charge is 2.22. The van der Waals surface area contributed by atoms with E-state index in [0.717, 1.165) is 22.6 Å². The lowest BCUT2D eigenvalue weighted by atomic mass is 9.99. The Morgan fingerprint density at radius 3 is 2.94 bits per heavy atom. The summed E-state index contributed by atoms with van der Waals surface area (Å²) in [6.45, 7) is 1.48. The highest BCUT2D eigenvalue weighted by atomic mass is 16.5. The zero-order valence-electron chi connectivity index (χ0n) is 18.1. The van der Waals surface area contributed by atoms with E-state index in [2.05, 4.69) is 30.8 Å². The summed E-state index contributed by atoms with van der Waals surface area (Å²) in [5, 5.41) is 14.9. The maximum absolute atomic E-state index is 12.9. The number of ether oxygens (including phenoxy) is 1. The summed E-state index contributed by atoms with van der Waals surface area (Å²) < 4.78 is 7.53. The van der Waals surface area contributed by atoms with E-state index in [1.165, 1.54) is 6.33 Å². The van der Waals surface area contributed by atoms with Crippen molar-refractivity contribution in [2.24, 2.45) is 7.05 Å². The van der Waals surface area contributed by atoms with Crippen molar-refractivity contribution in [2.45, 2.75) is 19.2 Å². The quantitative estimate of drug-likeness (QED) is 0.474. The van der Waals surface area contributed by atoms with Gasteiger partial charge in [0.25, 0.3) is 5.91 Å². The van der Waals surface area contributed by atoms with Gasteiger partial charge in [-0.15, -0.1) is 10.2 Å². The molecule has 33 heavy (non-hydrogen) atoms. The Morgan fingerprint density at radius 2 is 2.06 bits per heavy atom. The Morgan fingerprint density at radius 1 is 1.15 bits per heavy atom. The fourth-order valence-electron chi connectivity index (χ4n) is 3.86. The molecular weight excluding hydrogens is 418 g/mol. The molecule has 2 aromatic carbocycles. The van der Waals surface area contributed by atoms with E-state index in [0.29, 0.717) is 36.8 Å². The van der Waals surface area contributed by atoms with Crippen molar-refractivity contribution in [3.63, 3.8) is 0 Å². The van der Waals surface area contributed by atoms with Crippen LogP contribution in [0.5, 0.6) is 0 Å². The SMILES string of the molecule is Cn1c(CNc2cccc(C(=O)N[C@@H]3COCc4ccccc43)c2)nnc1-c1ccncn1. The minimum absolute atomic E-state index is 0.145. The normalized spacial score (nSPS) is 15.0. The van der Waals surface area contributed by atoms with Gasteiger partial charge < -0.3 is 19.9 Å². The summed E-state index contributed by atoms with van der Waals surface area (Å²) in [4.78, 5) is 21.1. The maximum Gasteiger partial charge on any atom is 0.251 e. The van der Waals surface area contributed by atoms with Crippen LogP contribution in [-0.2, 0) is 24.9 Å². The van der Waals surface area contributed by atoms with Crippen LogP contribution >= 0.6 is 0 Å². The van der Waals surface area contributed by atoms with Gasteiger partial charge in [0.2, 0.25) is 0 Å². The van der Waals surface area contributed by atoms with Crippen LogP contribution in [0.15, 0.2) is 67.1 Å². The van der Waals surface area contributed by atoms with Crippen LogP contribution < -0.4 is 10.6 Å². The summed E-state index contributed by atoms with van der Waals surface area (Å²) in [6, 6.07) is 17.0. The Hall–Kier alpha value is -4.11. The molecule has 0 bridgehead atoms. The maximum atomic E-state index is 12.9. The number of hydrogen-bond donors (Lipinski definition) is 2. The molecule has 9 nitrogen and oxygen atoms in total. The van der Waals surface area contributed by atoms with Gasteiger partial charge in [-0.2, -0.15) is 0 Å². The average molecular weight is 441 g/mol. The summed E-state index contributed by atoms with van der Waals surface area (Å²) in [5.74, 6) is 1.26. The molecule has 3 heterocycles. The van der Waals surface area contributed by atoms with E-state index in [4.69, 9.17) is 4.74 Å². The number of carbonyl (C=O) groups is 1. The van der Waals surface area contributed by atoms with Crippen LogP contribution in [0.1, 0.15) is 33.4 Å². The number of nitrogens with one attached hydrogen (secondary N) is 2. The first-order chi connectivity index (χ1) is 16.2. The Bertz CT molecular complexity index is 1270. The molecule has 1 amide bonds. The first-order valence-corrected chi connectivity index (χ1v) is 10.6. The topological polar surface area (TPSA) is 107 Å². The van der Waals surface area contributed by atoms with E-state index in [9.17, 15) is 4.79 Å². The van der Waals surface area contributed by atoms with Crippen LogP contribution in [0, 0.1) is 0 Å². The molecule has 9 heteroatoms. The lowest BCUT2D eigenvalue weighted by molar-refractivity contribution is 0.0708. The third-order valence-corrected chi connectivity index (χ3v) is 5.63. The minimum atomic E-state index is -0.169. The Balaban J connectivity index is 1.26. The second-order valence-electron chi connectivity index (χ2n) is 7.77. The number of nitrogens with zero attached hydrogens (tertiary/aromatic N) is 5. The molecular formula is C24H23N7O2. The van der Waals surface area contributed by atoms with Gasteiger partial charge in [0.15, 0.2) is 11.6 Å². The average Bonchev–Trinajstić information content (AvgIpc) is 3.24. The second-order valence-corrected chi connectivity index (χ2v) is 7.77. The number of hydrogen-bond acceptors (Lipinski definition) is 7. The highest BCUT2D eigenvalue weighted by molar-refractivity contribution is 5.95. The zero-order chi connectivity index (χ0) is 22.6. The number of aromatic nitrogens is 5. The lowest BCUT2D eigenvalue weighted by Crippen LogP contribution is -2.34. The van der Waals surface area contributed by atoms with Gasteiger partial charge in [0, 0.05) is 24.5 Å². The van der Waals surface area contributed by atoms with Gasteiger partial charge in [-0.1, -0.05) is 30.3 Å². The number of amides is 1. The van der Waals surface area contributed by atoms with Crippen LogP contribution in [0.3, 0.4) is 0 Å². The Labute approximate surface area is 190 Å². The fourth-order valence-corrected chi connectivity index (χ4v) is 3.86. The van der Waals surface area contributed by atoms with Crippen LogP contribution in [0.2, 0.25) is 0 Å². The third-order valence-electron chi connectivity index (χ3n) is 5.63. The molecule has 2 aromatic heterocycles. The molecule has 0 saturated carbocycles. The van der Waals surface area contributed by atoms with Crippen LogP contribution in [-0.4, -0.2) is 37.2 Å². The molecule has 0 saturated heterocycles. The van der Waals surface area contributed by atoms with Gasteiger partial charge in [-0.3, -0.25) is 4.79 Å². The van der Waals surface area contributed by atoms with Crippen molar-refractivity contribution in [2.75, 3.05) is 11.9 Å². The van der Waals surface area contributed by atoms with Crippen LogP contribution in [0.25, 0.3) is 11.5 Å². The van der Waals surface area contributed by atoms with E-state index >= 15 is 0 Å². The molecule has 2 N–H and O–H groups in total. The molecule has 0 fully saturated rings. The third kappa shape index (κ3) is 4.44. The number of rotatable bonds is 6. The standard InChI is InChI=1S/C24H23N7O2/c1-31-22(29-30-23(31)20-9-10-25-15-27-20)12-26-18-7-4-6-16(11-18)24(32)28-21-14-33-13-17-5-2-3-8-19(17)21/h2-11,15,21,26H,12-14H2,1H3,(H,28,32)/t21-/m1/s1. The van der Waals surface area contributed by atoms with Gasteiger partial charge in [0.1, 0.15) is 12.0 Å². The van der Waals surface area contributed by atoms with Gasteiger partial charge >= 0.3 is 0 Å². The van der Waals surface area contributed by atoms with Gasteiger partial charge in [-0.25, -0.2) is 9.97 Å². The molecule has 166 valence electrons. The molecule has 1 aliphatic heterocycles. The molecule has 1 atom stereocenters. The molecule has 1 aliphatic rings. The minimum Gasteiger partial charge on any atom is -0.378 e. The smallest absolute Gasteiger partial charge is 0.251 e.